The normalized spacial score (nSPS) is 16.1. The first-order valence-corrected chi connectivity index (χ1v) is 8.31. The molecular formula is C18H21N5O3. The number of carbonyl (C=O) groups is 1. The van der Waals surface area contributed by atoms with Crippen molar-refractivity contribution in [1.29, 1.82) is 0 Å². The molecule has 26 heavy (non-hydrogen) atoms. The van der Waals surface area contributed by atoms with E-state index >= 15 is 0 Å². The quantitative estimate of drug-likeness (QED) is 0.629. The van der Waals surface area contributed by atoms with E-state index in [1.807, 2.05) is 38.1 Å². The zero-order valence-electron chi connectivity index (χ0n) is 15.0. The first kappa shape index (κ1) is 17.7. The molecule has 8 nitrogen and oxygen atoms in total. The van der Waals surface area contributed by atoms with Gasteiger partial charge in [-0.3, -0.25) is 0 Å². The minimum atomic E-state index is -0.519. The molecule has 1 aliphatic heterocycles. The third-order valence-electron chi connectivity index (χ3n) is 3.81. The number of fused-ring (bicyclic) bond motifs is 1. The van der Waals surface area contributed by atoms with Crippen LogP contribution < -0.4 is 10.1 Å². The van der Waals surface area contributed by atoms with Gasteiger partial charge < -0.3 is 14.8 Å². The maximum Gasteiger partial charge on any atom is 0.338 e. The summed E-state index contributed by atoms with van der Waals surface area (Å²) in [5, 5.41) is 14.8. The second-order valence-electron chi connectivity index (χ2n) is 6.14. The summed E-state index contributed by atoms with van der Waals surface area (Å²) < 4.78 is 12.6. The topological polar surface area (TPSA) is 91.2 Å². The maximum atomic E-state index is 12.7. The molecule has 2 aromatic rings. The van der Waals surface area contributed by atoms with Gasteiger partial charge in [0, 0.05) is 5.70 Å². The number of allylic oxidation sites excluding steroid dienone is 1. The number of aromatic nitrogens is 4. The molecule has 136 valence electrons. The van der Waals surface area contributed by atoms with Crippen LogP contribution in [0.4, 0.5) is 5.95 Å². The fraction of sp³-hybridized carbons (Fsp3) is 0.333. The number of ether oxygens (including phenoxy) is 2. The van der Waals surface area contributed by atoms with Crippen LogP contribution in [-0.4, -0.2) is 38.9 Å². The molecule has 3 rings (SSSR count). The molecule has 0 fully saturated rings. The highest BCUT2D eigenvalue weighted by Gasteiger charge is 2.35. The van der Waals surface area contributed by atoms with E-state index in [9.17, 15) is 4.79 Å². The Morgan fingerprint density at radius 3 is 3.00 bits per heavy atom. The summed E-state index contributed by atoms with van der Waals surface area (Å²) in [5.74, 6) is 0.723. The van der Waals surface area contributed by atoms with Crippen molar-refractivity contribution in [1.82, 2.24) is 20.2 Å². The number of nitrogens with one attached hydrogen (secondary N) is 1. The fourth-order valence-corrected chi connectivity index (χ4v) is 2.83. The zero-order chi connectivity index (χ0) is 18.7. The predicted octanol–water partition coefficient (Wildman–Crippen LogP) is 2.48. The number of tetrazole rings is 1. The molecule has 0 radical (unpaired) electrons. The van der Waals surface area contributed by atoms with Gasteiger partial charge in [-0.1, -0.05) is 29.9 Å². The van der Waals surface area contributed by atoms with Crippen LogP contribution in [0.5, 0.6) is 5.75 Å². The zero-order valence-corrected chi connectivity index (χ0v) is 15.0. The van der Waals surface area contributed by atoms with Gasteiger partial charge in [-0.15, -0.1) is 0 Å². The number of benzene rings is 1. The third kappa shape index (κ3) is 3.44. The van der Waals surface area contributed by atoms with Crippen molar-refractivity contribution in [2.45, 2.75) is 32.9 Å². The molecule has 1 N–H and O–H groups in total. The van der Waals surface area contributed by atoms with Gasteiger partial charge >= 0.3 is 5.97 Å². The average molecular weight is 355 g/mol. The molecule has 0 amide bonds. The first-order chi connectivity index (χ1) is 12.5. The molecule has 1 unspecified atom stereocenters. The van der Waals surface area contributed by atoms with Gasteiger partial charge in [0.15, 0.2) is 0 Å². The number of hydrogen-bond donors (Lipinski definition) is 1. The Balaban J connectivity index is 2.06. The van der Waals surface area contributed by atoms with Crippen LogP contribution in [0.2, 0.25) is 0 Å². The van der Waals surface area contributed by atoms with Crippen molar-refractivity contribution in [3.05, 3.63) is 53.8 Å². The number of anilines is 1. The minimum Gasteiger partial charge on any atom is -0.491 e. The molecule has 8 heteroatoms. The number of carbonyl (C=O) groups excluding carboxylic acids is 1. The van der Waals surface area contributed by atoms with Gasteiger partial charge in [-0.05, 0) is 48.9 Å². The van der Waals surface area contributed by atoms with Crippen molar-refractivity contribution < 1.29 is 14.3 Å². The number of esters is 1. The summed E-state index contributed by atoms with van der Waals surface area (Å²) in [4.78, 5) is 12.7. The van der Waals surface area contributed by atoms with E-state index in [0.717, 1.165) is 5.56 Å². The lowest BCUT2D eigenvalue weighted by Crippen LogP contribution is -2.29. The lowest BCUT2D eigenvalue weighted by atomic mass is 9.95. The molecule has 0 spiro atoms. The lowest BCUT2D eigenvalue weighted by molar-refractivity contribution is -0.138. The molecule has 2 heterocycles. The van der Waals surface area contributed by atoms with E-state index < -0.39 is 12.0 Å². The standard InChI is InChI=1S/C18H21N5O3/c1-5-9-25-17(24)15-12(4)19-18-20-21-22-23(18)16(15)13-7-6-8-14(10-13)26-11(2)3/h5-8,10-11,16H,1,9H2,2-4H3,(H,19,20,22). The Morgan fingerprint density at radius 2 is 2.27 bits per heavy atom. The SMILES string of the molecule is C=CCOC(=O)C1=C(C)Nc2nnnn2C1c1cccc(OC(C)C)c1. The first-order valence-electron chi connectivity index (χ1n) is 8.31. The van der Waals surface area contributed by atoms with Crippen molar-refractivity contribution >= 4 is 11.9 Å². The van der Waals surface area contributed by atoms with E-state index in [2.05, 4.69) is 27.4 Å². The van der Waals surface area contributed by atoms with E-state index in [1.165, 1.54) is 6.08 Å². The van der Waals surface area contributed by atoms with Crippen LogP contribution in [-0.2, 0) is 9.53 Å². The fourth-order valence-electron chi connectivity index (χ4n) is 2.83. The Bertz CT molecular complexity index is 856. The molecule has 1 aromatic carbocycles. The van der Waals surface area contributed by atoms with Crippen LogP contribution in [0.25, 0.3) is 0 Å². The summed E-state index contributed by atoms with van der Waals surface area (Å²) >= 11 is 0. The Kier molecular flexibility index (Phi) is 5.01. The average Bonchev–Trinajstić information content (AvgIpc) is 3.05. The van der Waals surface area contributed by atoms with Gasteiger partial charge in [0.2, 0.25) is 5.95 Å². The molecular weight excluding hydrogens is 334 g/mol. The summed E-state index contributed by atoms with van der Waals surface area (Å²) in [6, 6.07) is 7.02. The molecule has 1 atom stereocenters. The van der Waals surface area contributed by atoms with Crippen molar-refractivity contribution in [2.24, 2.45) is 0 Å². The highest BCUT2D eigenvalue weighted by Crippen LogP contribution is 2.36. The van der Waals surface area contributed by atoms with Crippen molar-refractivity contribution in [3.8, 4) is 5.75 Å². The summed E-state index contributed by atoms with van der Waals surface area (Å²) in [6.07, 6.45) is 1.56. The van der Waals surface area contributed by atoms with Crippen LogP contribution >= 0.6 is 0 Å². The summed E-state index contributed by atoms with van der Waals surface area (Å²) in [7, 11) is 0. The smallest absolute Gasteiger partial charge is 0.338 e. The maximum absolute atomic E-state index is 12.7. The monoisotopic (exact) mass is 355 g/mol. The minimum absolute atomic E-state index is 0.0381. The van der Waals surface area contributed by atoms with Crippen LogP contribution in [0.15, 0.2) is 48.2 Å². The second kappa shape index (κ2) is 7.38. The van der Waals surface area contributed by atoms with E-state index in [0.29, 0.717) is 23.0 Å². The molecule has 0 bridgehead atoms. The van der Waals surface area contributed by atoms with E-state index in [1.54, 1.807) is 11.6 Å². The van der Waals surface area contributed by atoms with Gasteiger partial charge in [0.05, 0.1) is 11.7 Å². The van der Waals surface area contributed by atoms with Gasteiger partial charge in [-0.2, -0.15) is 4.68 Å². The van der Waals surface area contributed by atoms with Crippen LogP contribution in [0.3, 0.4) is 0 Å². The largest absolute Gasteiger partial charge is 0.491 e. The summed E-state index contributed by atoms with van der Waals surface area (Å²) in [5.41, 5.74) is 1.90. The molecule has 0 saturated heterocycles. The van der Waals surface area contributed by atoms with Crippen LogP contribution in [0, 0.1) is 0 Å². The van der Waals surface area contributed by atoms with Crippen LogP contribution in [0.1, 0.15) is 32.4 Å². The number of rotatable bonds is 6. The van der Waals surface area contributed by atoms with E-state index in [4.69, 9.17) is 9.47 Å². The number of nitrogens with zero attached hydrogens (tertiary/aromatic N) is 4. The Hall–Kier alpha value is -3.16. The molecule has 0 aliphatic carbocycles. The second-order valence-corrected chi connectivity index (χ2v) is 6.14. The van der Waals surface area contributed by atoms with Crippen molar-refractivity contribution in [3.63, 3.8) is 0 Å². The van der Waals surface area contributed by atoms with Gasteiger partial charge in [-0.25, -0.2) is 4.79 Å². The molecule has 1 aromatic heterocycles. The highest BCUT2D eigenvalue weighted by molar-refractivity contribution is 5.92. The number of hydrogen-bond acceptors (Lipinski definition) is 7. The van der Waals surface area contributed by atoms with Gasteiger partial charge in [0.1, 0.15) is 18.4 Å². The predicted molar refractivity (Wildman–Crippen MR) is 95.6 cm³/mol. The Morgan fingerprint density at radius 1 is 1.46 bits per heavy atom. The highest BCUT2D eigenvalue weighted by atomic mass is 16.5. The Labute approximate surface area is 151 Å². The van der Waals surface area contributed by atoms with Crippen molar-refractivity contribution in [2.75, 3.05) is 11.9 Å². The lowest BCUT2D eigenvalue weighted by Gasteiger charge is -2.27. The van der Waals surface area contributed by atoms with E-state index in [-0.39, 0.29) is 12.7 Å². The molecule has 0 saturated carbocycles. The third-order valence-corrected chi connectivity index (χ3v) is 3.81. The van der Waals surface area contributed by atoms with Gasteiger partial charge in [0.25, 0.3) is 0 Å². The summed E-state index contributed by atoms with van der Waals surface area (Å²) in [6.45, 7) is 9.41. The molecule has 1 aliphatic rings.